The lowest BCUT2D eigenvalue weighted by atomic mass is 10.1. The van der Waals surface area contributed by atoms with Crippen LogP contribution >= 0.6 is 0 Å². The molecule has 0 unspecified atom stereocenters. The highest BCUT2D eigenvalue weighted by Crippen LogP contribution is 2.37. The van der Waals surface area contributed by atoms with E-state index in [1.165, 1.54) is 6.07 Å². The van der Waals surface area contributed by atoms with Gasteiger partial charge in [0.05, 0.1) is 17.6 Å². The van der Waals surface area contributed by atoms with Gasteiger partial charge in [0, 0.05) is 35.5 Å². The summed E-state index contributed by atoms with van der Waals surface area (Å²) in [5.74, 6) is 0.487. The van der Waals surface area contributed by atoms with E-state index in [4.69, 9.17) is 4.98 Å². The number of carbonyl (C=O) groups excluding carboxylic acids is 1. The molecule has 2 heterocycles. The van der Waals surface area contributed by atoms with Crippen molar-refractivity contribution in [3.63, 3.8) is 0 Å². The number of aromatic hydroxyl groups is 2. The van der Waals surface area contributed by atoms with Gasteiger partial charge >= 0.3 is 0 Å². The van der Waals surface area contributed by atoms with Crippen LogP contribution < -0.4 is 10.6 Å². The molecule has 1 fully saturated rings. The van der Waals surface area contributed by atoms with Gasteiger partial charge in [0.25, 0.3) is 5.91 Å². The third-order valence-corrected chi connectivity index (χ3v) is 5.82. The topological polar surface area (TPSA) is 112 Å². The van der Waals surface area contributed by atoms with Crippen LogP contribution in [0.5, 0.6) is 11.5 Å². The third-order valence-electron chi connectivity index (χ3n) is 5.82. The standard InChI is InChI=1S/C26H27N5O3/c1-15(2)12-27-24-25-28-13-21(16-6-8-17(9-7-16)26(34)29-18-10-11-18)31(25)14-20(30-24)19-4-3-5-22(32)23(19)33/h3-9,13-15,18,32-33H,10-12H2,1-2H3,(H,27,30)(H,29,34). The molecule has 1 aliphatic rings. The summed E-state index contributed by atoms with van der Waals surface area (Å²) in [6.07, 6.45) is 5.65. The van der Waals surface area contributed by atoms with E-state index in [0.29, 0.717) is 46.8 Å². The fourth-order valence-electron chi connectivity index (χ4n) is 3.78. The molecule has 4 aromatic rings. The van der Waals surface area contributed by atoms with Crippen molar-refractivity contribution in [3.8, 4) is 34.0 Å². The van der Waals surface area contributed by atoms with Crippen LogP contribution in [0.4, 0.5) is 5.82 Å². The molecule has 2 aromatic carbocycles. The molecule has 8 heteroatoms. The highest BCUT2D eigenvalue weighted by Gasteiger charge is 2.24. The van der Waals surface area contributed by atoms with Crippen molar-refractivity contribution < 1.29 is 15.0 Å². The SMILES string of the molecule is CC(C)CNc1nc(-c2cccc(O)c2O)cn2c(-c3ccc(C(=O)NC4CC4)cc3)cnc12. The molecule has 1 saturated carbocycles. The van der Waals surface area contributed by atoms with Gasteiger partial charge in [0.15, 0.2) is 23.0 Å². The van der Waals surface area contributed by atoms with Gasteiger partial charge in [-0.2, -0.15) is 0 Å². The minimum Gasteiger partial charge on any atom is -0.504 e. The number of hydrogen-bond donors (Lipinski definition) is 4. The average molecular weight is 458 g/mol. The number of phenolic OH excluding ortho intramolecular Hbond substituents is 2. The number of fused-ring (bicyclic) bond motifs is 1. The summed E-state index contributed by atoms with van der Waals surface area (Å²) in [7, 11) is 0. The average Bonchev–Trinajstić information content (AvgIpc) is 3.54. The van der Waals surface area contributed by atoms with E-state index < -0.39 is 0 Å². The van der Waals surface area contributed by atoms with Gasteiger partial charge in [-0.05, 0) is 43.0 Å². The molecule has 174 valence electrons. The normalized spacial score (nSPS) is 13.4. The molecule has 2 aromatic heterocycles. The van der Waals surface area contributed by atoms with E-state index in [1.54, 1.807) is 24.5 Å². The Morgan fingerprint density at radius 3 is 2.62 bits per heavy atom. The van der Waals surface area contributed by atoms with Crippen LogP contribution in [0, 0.1) is 5.92 Å². The molecule has 1 amide bonds. The molecular weight excluding hydrogens is 430 g/mol. The van der Waals surface area contributed by atoms with E-state index in [0.717, 1.165) is 24.1 Å². The minimum absolute atomic E-state index is 0.0572. The zero-order chi connectivity index (χ0) is 23.8. The maximum atomic E-state index is 12.3. The molecule has 0 saturated heterocycles. The molecule has 0 aliphatic heterocycles. The maximum absolute atomic E-state index is 12.3. The van der Waals surface area contributed by atoms with Gasteiger partial charge < -0.3 is 20.8 Å². The number of rotatable bonds is 7. The smallest absolute Gasteiger partial charge is 0.251 e. The van der Waals surface area contributed by atoms with Crippen LogP contribution in [-0.2, 0) is 0 Å². The largest absolute Gasteiger partial charge is 0.504 e. The predicted octanol–water partition coefficient (Wildman–Crippen LogP) is 4.43. The lowest BCUT2D eigenvalue weighted by Gasteiger charge is -2.13. The highest BCUT2D eigenvalue weighted by atomic mass is 16.3. The summed E-state index contributed by atoms with van der Waals surface area (Å²) in [5, 5.41) is 26.8. The van der Waals surface area contributed by atoms with Gasteiger partial charge in [-0.3, -0.25) is 9.20 Å². The number of nitrogens with zero attached hydrogens (tertiary/aromatic N) is 3. The number of imidazole rings is 1. The lowest BCUT2D eigenvalue weighted by Crippen LogP contribution is -2.25. The number of benzene rings is 2. The Morgan fingerprint density at radius 1 is 1.15 bits per heavy atom. The Morgan fingerprint density at radius 2 is 1.91 bits per heavy atom. The van der Waals surface area contributed by atoms with Crippen LogP contribution in [-0.4, -0.2) is 43.1 Å². The molecule has 34 heavy (non-hydrogen) atoms. The first kappa shape index (κ1) is 21.8. The Labute approximate surface area is 197 Å². The number of anilines is 1. The summed E-state index contributed by atoms with van der Waals surface area (Å²) in [6, 6.07) is 12.5. The van der Waals surface area contributed by atoms with Gasteiger partial charge in [-0.25, -0.2) is 9.97 Å². The van der Waals surface area contributed by atoms with Crippen molar-refractivity contribution in [2.45, 2.75) is 32.7 Å². The summed E-state index contributed by atoms with van der Waals surface area (Å²) in [5.41, 5.74) is 3.89. The minimum atomic E-state index is -0.225. The summed E-state index contributed by atoms with van der Waals surface area (Å²) in [4.78, 5) is 21.7. The number of nitrogens with one attached hydrogen (secondary N) is 2. The zero-order valence-corrected chi connectivity index (χ0v) is 19.1. The van der Waals surface area contributed by atoms with Crippen LogP contribution in [0.3, 0.4) is 0 Å². The zero-order valence-electron chi connectivity index (χ0n) is 19.1. The number of para-hydroxylation sites is 1. The Hall–Kier alpha value is -4.07. The van der Waals surface area contributed by atoms with Crippen molar-refractivity contribution in [1.29, 1.82) is 0 Å². The van der Waals surface area contributed by atoms with Crippen molar-refractivity contribution >= 4 is 17.4 Å². The summed E-state index contributed by atoms with van der Waals surface area (Å²) in [6.45, 7) is 4.91. The number of phenols is 2. The first-order valence-electron chi connectivity index (χ1n) is 11.5. The second-order valence-electron chi connectivity index (χ2n) is 9.08. The van der Waals surface area contributed by atoms with Crippen LogP contribution in [0.1, 0.15) is 37.0 Å². The summed E-state index contributed by atoms with van der Waals surface area (Å²) >= 11 is 0. The van der Waals surface area contributed by atoms with Crippen molar-refractivity contribution in [1.82, 2.24) is 19.7 Å². The monoisotopic (exact) mass is 457 g/mol. The van der Waals surface area contributed by atoms with Crippen LogP contribution in [0.15, 0.2) is 54.9 Å². The van der Waals surface area contributed by atoms with Crippen LogP contribution in [0.2, 0.25) is 0 Å². The number of hydrogen-bond acceptors (Lipinski definition) is 6. The predicted molar refractivity (Wildman–Crippen MR) is 131 cm³/mol. The fraction of sp³-hybridized carbons (Fsp3) is 0.269. The summed E-state index contributed by atoms with van der Waals surface area (Å²) < 4.78 is 1.91. The Bertz CT molecular complexity index is 1360. The molecule has 1 aliphatic carbocycles. The molecule has 5 rings (SSSR count). The quantitative estimate of drug-likeness (QED) is 0.306. The second-order valence-corrected chi connectivity index (χ2v) is 9.08. The highest BCUT2D eigenvalue weighted by molar-refractivity contribution is 5.95. The first-order valence-corrected chi connectivity index (χ1v) is 11.5. The van der Waals surface area contributed by atoms with Crippen molar-refractivity contribution in [3.05, 3.63) is 60.4 Å². The van der Waals surface area contributed by atoms with Gasteiger partial charge in [0.1, 0.15) is 0 Å². The van der Waals surface area contributed by atoms with Crippen molar-refractivity contribution in [2.24, 2.45) is 5.92 Å². The van der Waals surface area contributed by atoms with E-state index in [9.17, 15) is 15.0 Å². The molecule has 0 radical (unpaired) electrons. The van der Waals surface area contributed by atoms with Crippen molar-refractivity contribution in [2.75, 3.05) is 11.9 Å². The van der Waals surface area contributed by atoms with E-state index in [2.05, 4.69) is 29.5 Å². The maximum Gasteiger partial charge on any atom is 0.251 e. The van der Waals surface area contributed by atoms with E-state index >= 15 is 0 Å². The lowest BCUT2D eigenvalue weighted by molar-refractivity contribution is 0.0951. The molecule has 0 bridgehead atoms. The molecule has 8 nitrogen and oxygen atoms in total. The first-order chi connectivity index (χ1) is 16.4. The number of carbonyl (C=O) groups is 1. The Balaban J connectivity index is 1.58. The van der Waals surface area contributed by atoms with E-state index in [-0.39, 0.29) is 17.4 Å². The van der Waals surface area contributed by atoms with E-state index in [1.807, 2.05) is 28.7 Å². The second kappa shape index (κ2) is 8.70. The Kier molecular flexibility index (Phi) is 5.57. The van der Waals surface area contributed by atoms with Gasteiger partial charge in [-0.15, -0.1) is 0 Å². The third kappa shape index (κ3) is 4.26. The number of aromatic nitrogens is 3. The van der Waals surface area contributed by atoms with Crippen LogP contribution in [0.25, 0.3) is 28.2 Å². The fourth-order valence-corrected chi connectivity index (χ4v) is 3.78. The molecular formula is C26H27N5O3. The molecule has 0 spiro atoms. The molecule has 4 N–H and O–H groups in total. The van der Waals surface area contributed by atoms with Gasteiger partial charge in [0.2, 0.25) is 0 Å². The van der Waals surface area contributed by atoms with Gasteiger partial charge in [-0.1, -0.05) is 32.0 Å². The number of amides is 1. The molecule has 0 atom stereocenters.